The van der Waals surface area contributed by atoms with Crippen LogP contribution in [0.4, 0.5) is 5.69 Å². The number of anilines is 1. The number of nitrogens with zero attached hydrogens (tertiary/aromatic N) is 1. The van der Waals surface area contributed by atoms with Crippen LogP contribution in [0.5, 0.6) is 5.75 Å². The third-order valence-corrected chi connectivity index (χ3v) is 5.84. The highest BCUT2D eigenvalue weighted by atomic mass is 16.5. The summed E-state index contributed by atoms with van der Waals surface area (Å²) in [6, 6.07) is 27.3. The van der Waals surface area contributed by atoms with E-state index in [0.717, 1.165) is 28.0 Å². The number of rotatable bonds is 6. The summed E-state index contributed by atoms with van der Waals surface area (Å²) in [6.07, 6.45) is 0. The average molecular weight is 466 g/mol. The smallest absolute Gasteiger partial charge is 0.329 e. The fourth-order valence-corrected chi connectivity index (χ4v) is 3.63. The summed E-state index contributed by atoms with van der Waals surface area (Å²) < 4.78 is 5.97. The van der Waals surface area contributed by atoms with Crippen LogP contribution in [0.15, 0.2) is 90.0 Å². The molecule has 0 aliphatic rings. The lowest BCUT2D eigenvalue weighted by atomic mass is 10.1. The van der Waals surface area contributed by atoms with Crippen molar-refractivity contribution in [1.29, 1.82) is 0 Å². The molecule has 0 saturated heterocycles. The van der Waals surface area contributed by atoms with Crippen molar-refractivity contribution in [2.75, 3.05) is 5.32 Å². The van der Waals surface area contributed by atoms with Crippen LogP contribution in [0.2, 0.25) is 0 Å². The molecule has 4 aromatic carbocycles. The maximum Gasteiger partial charge on any atom is 0.329 e. The average Bonchev–Trinajstić information content (AvgIpc) is 2.88. The number of fused-ring (bicyclic) bond motifs is 1. The van der Waals surface area contributed by atoms with Gasteiger partial charge in [-0.05, 0) is 90.2 Å². The molecule has 0 atom stereocenters. The van der Waals surface area contributed by atoms with Gasteiger partial charge in [-0.15, -0.1) is 0 Å². The molecule has 2 amide bonds. The van der Waals surface area contributed by atoms with E-state index in [1.54, 1.807) is 13.0 Å². The van der Waals surface area contributed by atoms with Gasteiger partial charge in [0.25, 0.3) is 0 Å². The number of benzene rings is 4. The van der Waals surface area contributed by atoms with Crippen molar-refractivity contribution in [3.63, 3.8) is 0 Å². The quantitative estimate of drug-likeness (QED) is 0.224. The predicted octanol–water partition coefficient (Wildman–Crippen LogP) is 5.51. The Balaban J connectivity index is 1.33. The molecule has 0 heterocycles. The normalized spacial score (nSPS) is 11.2. The van der Waals surface area contributed by atoms with E-state index in [1.165, 1.54) is 10.8 Å². The molecule has 0 aromatic heterocycles. The molecule has 0 spiro atoms. The zero-order chi connectivity index (χ0) is 24.8. The van der Waals surface area contributed by atoms with Crippen LogP contribution in [-0.2, 0) is 16.2 Å². The number of aryl methyl sites for hydroxylation is 2. The van der Waals surface area contributed by atoms with Gasteiger partial charge in [-0.1, -0.05) is 48.5 Å². The van der Waals surface area contributed by atoms with Gasteiger partial charge >= 0.3 is 11.8 Å². The van der Waals surface area contributed by atoms with E-state index in [0.29, 0.717) is 18.0 Å². The van der Waals surface area contributed by atoms with Gasteiger partial charge in [0.1, 0.15) is 12.4 Å². The van der Waals surface area contributed by atoms with E-state index < -0.39 is 11.8 Å². The largest absolute Gasteiger partial charge is 0.489 e. The highest BCUT2D eigenvalue weighted by Crippen LogP contribution is 2.21. The fraction of sp³-hybridized carbons (Fsp3) is 0.138. The standard InChI is InChI=1S/C29H27N3O3/c1-19-11-14-25(17-20(19)2)30-28(33)29(34)32-31-21(3)22-12-15-26(16-13-22)35-18-24-9-6-8-23-7-4-5-10-27(23)24/h4-17H,18H2,1-3H3,(H,30,33)(H,32,34)/b31-21+. The number of ether oxygens (including phenoxy) is 1. The van der Waals surface area contributed by atoms with E-state index in [1.807, 2.05) is 68.4 Å². The molecule has 0 radical (unpaired) electrons. The zero-order valence-corrected chi connectivity index (χ0v) is 20.0. The van der Waals surface area contributed by atoms with Crippen molar-refractivity contribution in [2.45, 2.75) is 27.4 Å². The molecule has 6 heteroatoms. The van der Waals surface area contributed by atoms with E-state index in [-0.39, 0.29) is 0 Å². The number of hydrogen-bond donors (Lipinski definition) is 2. The summed E-state index contributed by atoms with van der Waals surface area (Å²) in [5.74, 6) is -0.883. The van der Waals surface area contributed by atoms with Gasteiger partial charge in [0.05, 0.1) is 5.71 Å². The number of carbonyl (C=O) groups excluding carboxylic acids is 2. The van der Waals surface area contributed by atoms with Crippen LogP contribution in [0.25, 0.3) is 10.8 Å². The first-order chi connectivity index (χ1) is 16.9. The molecule has 0 aliphatic heterocycles. The number of carbonyl (C=O) groups is 2. The molecule has 0 bridgehead atoms. The Morgan fingerprint density at radius 3 is 2.34 bits per heavy atom. The number of amides is 2. The summed E-state index contributed by atoms with van der Waals surface area (Å²) in [7, 11) is 0. The third-order valence-electron chi connectivity index (χ3n) is 5.84. The molecule has 2 N–H and O–H groups in total. The zero-order valence-electron chi connectivity index (χ0n) is 20.0. The molecule has 176 valence electrons. The SMILES string of the molecule is C/C(=N\NC(=O)C(=O)Nc1ccc(C)c(C)c1)c1ccc(OCc2cccc3ccccc23)cc1. The molecule has 0 saturated carbocycles. The predicted molar refractivity (Wildman–Crippen MR) is 140 cm³/mol. The maximum atomic E-state index is 12.2. The molecule has 0 unspecified atom stereocenters. The first-order valence-electron chi connectivity index (χ1n) is 11.3. The van der Waals surface area contributed by atoms with Crippen molar-refractivity contribution in [2.24, 2.45) is 5.10 Å². The lowest BCUT2D eigenvalue weighted by Crippen LogP contribution is -2.33. The summed E-state index contributed by atoms with van der Waals surface area (Å²) in [6.45, 7) is 6.14. The first kappa shape index (κ1) is 23.7. The second-order valence-corrected chi connectivity index (χ2v) is 8.34. The van der Waals surface area contributed by atoms with E-state index >= 15 is 0 Å². The molecular weight excluding hydrogens is 438 g/mol. The molecule has 0 fully saturated rings. The van der Waals surface area contributed by atoms with Crippen LogP contribution < -0.4 is 15.5 Å². The second-order valence-electron chi connectivity index (χ2n) is 8.34. The van der Waals surface area contributed by atoms with Crippen molar-refractivity contribution in [1.82, 2.24) is 5.43 Å². The molecule has 4 aromatic rings. The highest BCUT2D eigenvalue weighted by molar-refractivity contribution is 6.39. The first-order valence-corrected chi connectivity index (χ1v) is 11.3. The van der Waals surface area contributed by atoms with Gasteiger partial charge in [0, 0.05) is 5.69 Å². The van der Waals surface area contributed by atoms with Crippen LogP contribution in [0, 0.1) is 13.8 Å². The van der Waals surface area contributed by atoms with Crippen molar-refractivity contribution >= 4 is 34.0 Å². The third kappa shape index (κ3) is 5.92. The minimum atomic E-state index is -0.836. The van der Waals surface area contributed by atoms with E-state index in [9.17, 15) is 9.59 Å². The molecule has 0 aliphatic carbocycles. The summed E-state index contributed by atoms with van der Waals surface area (Å²) >= 11 is 0. The van der Waals surface area contributed by atoms with Crippen molar-refractivity contribution < 1.29 is 14.3 Å². The van der Waals surface area contributed by atoms with Gasteiger partial charge in [-0.25, -0.2) is 5.43 Å². The van der Waals surface area contributed by atoms with Crippen LogP contribution >= 0.6 is 0 Å². The number of nitrogens with one attached hydrogen (secondary N) is 2. The minimum Gasteiger partial charge on any atom is -0.489 e. The summed E-state index contributed by atoms with van der Waals surface area (Å²) in [5, 5.41) is 9.00. The Morgan fingerprint density at radius 2 is 1.57 bits per heavy atom. The van der Waals surface area contributed by atoms with Crippen LogP contribution in [-0.4, -0.2) is 17.5 Å². The lowest BCUT2D eigenvalue weighted by Gasteiger charge is -2.10. The van der Waals surface area contributed by atoms with Crippen molar-refractivity contribution in [3.05, 3.63) is 107 Å². The minimum absolute atomic E-state index is 0.458. The summed E-state index contributed by atoms with van der Waals surface area (Å²) in [5.41, 5.74) is 7.50. The molecular formula is C29H27N3O3. The fourth-order valence-electron chi connectivity index (χ4n) is 3.63. The number of hydrogen-bond acceptors (Lipinski definition) is 4. The van der Waals surface area contributed by atoms with E-state index in [2.05, 4.69) is 40.1 Å². The van der Waals surface area contributed by atoms with Crippen molar-refractivity contribution in [3.8, 4) is 5.75 Å². The van der Waals surface area contributed by atoms with Gasteiger partial charge in [0.2, 0.25) is 0 Å². The molecule has 6 nitrogen and oxygen atoms in total. The lowest BCUT2D eigenvalue weighted by molar-refractivity contribution is -0.136. The highest BCUT2D eigenvalue weighted by Gasteiger charge is 2.13. The molecule has 4 rings (SSSR count). The van der Waals surface area contributed by atoms with Gasteiger partial charge in [0.15, 0.2) is 0 Å². The topological polar surface area (TPSA) is 79.8 Å². The Kier molecular flexibility index (Phi) is 7.21. The Morgan fingerprint density at radius 1 is 0.829 bits per heavy atom. The van der Waals surface area contributed by atoms with Crippen LogP contribution in [0.1, 0.15) is 29.2 Å². The van der Waals surface area contributed by atoms with Gasteiger partial charge in [-0.2, -0.15) is 5.10 Å². The van der Waals surface area contributed by atoms with Crippen LogP contribution in [0.3, 0.4) is 0 Å². The maximum absolute atomic E-state index is 12.2. The van der Waals surface area contributed by atoms with Gasteiger partial charge in [-0.3, -0.25) is 9.59 Å². The van der Waals surface area contributed by atoms with E-state index in [4.69, 9.17) is 4.74 Å². The number of hydrazone groups is 1. The van der Waals surface area contributed by atoms with Gasteiger partial charge < -0.3 is 10.1 Å². The Hall–Kier alpha value is -4.45. The Bertz CT molecular complexity index is 1400. The summed E-state index contributed by atoms with van der Waals surface area (Å²) in [4.78, 5) is 24.3. The Labute approximate surface area is 204 Å². The second kappa shape index (κ2) is 10.7. The monoisotopic (exact) mass is 465 g/mol. The molecule has 35 heavy (non-hydrogen) atoms.